The normalized spacial score (nSPS) is 10.4. The third-order valence-corrected chi connectivity index (χ3v) is 4.64. The van der Waals surface area contributed by atoms with Gasteiger partial charge in [-0.2, -0.15) is 0 Å². The van der Waals surface area contributed by atoms with Crippen LogP contribution in [0.15, 0.2) is 36.4 Å². The number of hydrogen-bond donors (Lipinski definition) is 2. The van der Waals surface area contributed by atoms with Crippen molar-refractivity contribution in [1.29, 1.82) is 0 Å². The standard InChI is InChI=1S/C19H19Cl3N2O3/c1-27-18-15(22)8-7-14(21)17(18)19(26)24-11-10-23-16(25)9-4-12-2-5-13(20)6-3-12/h2-3,5-8H,4,9-11H2,1H3,(H,23,25)(H,24,26). The van der Waals surface area contributed by atoms with E-state index in [-0.39, 0.29) is 28.8 Å². The lowest BCUT2D eigenvalue weighted by atomic mass is 10.1. The molecule has 0 spiro atoms. The fraction of sp³-hybridized carbons (Fsp3) is 0.263. The highest BCUT2D eigenvalue weighted by Crippen LogP contribution is 2.33. The van der Waals surface area contributed by atoms with E-state index in [1.54, 1.807) is 18.2 Å². The van der Waals surface area contributed by atoms with Crippen LogP contribution in [-0.4, -0.2) is 32.0 Å². The lowest BCUT2D eigenvalue weighted by Crippen LogP contribution is -2.35. The molecule has 8 heteroatoms. The largest absolute Gasteiger partial charge is 0.494 e. The van der Waals surface area contributed by atoms with Crippen LogP contribution in [0.3, 0.4) is 0 Å². The van der Waals surface area contributed by atoms with Crippen molar-refractivity contribution >= 4 is 46.6 Å². The molecule has 0 aliphatic carbocycles. The zero-order chi connectivity index (χ0) is 19.8. The highest BCUT2D eigenvalue weighted by molar-refractivity contribution is 6.37. The Morgan fingerprint density at radius 1 is 0.926 bits per heavy atom. The number of rotatable bonds is 8. The third kappa shape index (κ3) is 6.31. The van der Waals surface area contributed by atoms with Crippen LogP contribution in [-0.2, 0) is 11.2 Å². The number of benzene rings is 2. The monoisotopic (exact) mass is 428 g/mol. The van der Waals surface area contributed by atoms with Crippen LogP contribution in [0.1, 0.15) is 22.3 Å². The van der Waals surface area contributed by atoms with Crippen LogP contribution in [0.5, 0.6) is 5.75 Å². The minimum Gasteiger partial charge on any atom is -0.494 e. The SMILES string of the molecule is COc1c(Cl)ccc(Cl)c1C(=O)NCCNC(=O)CCc1ccc(Cl)cc1. The molecule has 0 aliphatic rings. The van der Waals surface area contributed by atoms with Crippen LogP contribution < -0.4 is 15.4 Å². The van der Waals surface area contributed by atoms with Crippen LogP contribution >= 0.6 is 34.8 Å². The fourth-order valence-corrected chi connectivity index (χ4v) is 3.00. The molecule has 0 saturated carbocycles. The second-order valence-corrected chi connectivity index (χ2v) is 6.92. The predicted molar refractivity (Wildman–Crippen MR) is 108 cm³/mol. The summed E-state index contributed by atoms with van der Waals surface area (Å²) >= 11 is 17.9. The third-order valence-electron chi connectivity index (χ3n) is 3.78. The molecule has 0 radical (unpaired) electrons. The van der Waals surface area contributed by atoms with Crippen molar-refractivity contribution in [3.63, 3.8) is 0 Å². The number of aryl methyl sites for hydroxylation is 1. The minimum absolute atomic E-state index is 0.0995. The molecular weight excluding hydrogens is 411 g/mol. The molecule has 5 nitrogen and oxygen atoms in total. The summed E-state index contributed by atoms with van der Waals surface area (Å²) in [6, 6.07) is 10.4. The first-order valence-corrected chi connectivity index (χ1v) is 9.37. The molecule has 0 bridgehead atoms. The number of hydrogen-bond acceptors (Lipinski definition) is 3. The van der Waals surface area contributed by atoms with Crippen LogP contribution in [0.4, 0.5) is 0 Å². The van der Waals surface area contributed by atoms with Crippen LogP contribution in [0.2, 0.25) is 15.1 Å². The van der Waals surface area contributed by atoms with E-state index in [1.807, 2.05) is 12.1 Å². The number of amides is 2. The average Bonchev–Trinajstić information content (AvgIpc) is 2.66. The molecule has 0 heterocycles. The van der Waals surface area contributed by atoms with Gasteiger partial charge >= 0.3 is 0 Å². The van der Waals surface area contributed by atoms with Crippen LogP contribution in [0.25, 0.3) is 0 Å². The van der Waals surface area contributed by atoms with Gasteiger partial charge in [-0.3, -0.25) is 9.59 Å². The van der Waals surface area contributed by atoms with Crippen LogP contribution in [0, 0.1) is 0 Å². The van der Waals surface area contributed by atoms with Gasteiger partial charge in [0.2, 0.25) is 5.91 Å². The van der Waals surface area contributed by atoms with Crippen molar-refractivity contribution in [3.05, 3.63) is 62.6 Å². The minimum atomic E-state index is -0.422. The number of carbonyl (C=O) groups is 2. The summed E-state index contributed by atoms with van der Waals surface area (Å²) in [5.74, 6) is -0.305. The van der Waals surface area contributed by atoms with Gasteiger partial charge in [-0.1, -0.05) is 46.9 Å². The van der Waals surface area contributed by atoms with E-state index in [2.05, 4.69) is 10.6 Å². The fourth-order valence-electron chi connectivity index (χ4n) is 2.41. The molecule has 0 aromatic heterocycles. The molecule has 2 aromatic carbocycles. The lowest BCUT2D eigenvalue weighted by molar-refractivity contribution is -0.121. The van der Waals surface area contributed by atoms with E-state index < -0.39 is 5.91 Å². The van der Waals surface area contributed by atoms with Gasteiger partial charge in [0.15, 0.2) is 5.75 Å². The van der Waals surface area contributed by atoms with E-state index in [1.165, 1.54) is 13.2 Å². The van der Waals surface area contributed by atoms with Crippen molar-refractivity contribution in [3.8, 4) is 5.75 Å². The Morgan fingerprint density at radius 3 is 2.22 bits per heavy atom. The maximum absolute atomic E-state index is 12.3. The highest BCUT2D eigenvalue weighted by Gasteiger charge is 2.19. The van der Waals surface area contributed by atoms with Gasteiger partial charge in [0.25, 0.3) is 5.91 Å². The number of ether oxygens (including phenoxy) is 1. The zero-order valence-electron chi connectivity index (χ0n) is 14.7. The topological polar surface area (TPSA) is 67.4 Å². The molecule has 0 saturated heterocycles. The molecule has 0 atom stereocenters. The second-order valence-electron chi connectivity index (χ2n) is 5.67. The Kier molecular flexibility index (Phi) is 8.23. The number of halogens is 3. The molecule has 27 heavy (non-hydrogen) atoms. The van der Waals surface area contributed by atoms with Crippen molar-refractivity contribution in [2.45, 2.75) is 12.8 Å². The maximum Gasteiger partial charge on any atom is 0.256 e. The second kappa shape index (κ2) is 10.4. The van der Waals surface area contributed by atoms with Gasteiger partial charge in [0.05, 0.1) is 17.2 Å². The summed E-state index contributed by atoms with van der Waals surface area (Å²) in [5.41, 5.74) is 1.20. The summed E-state index contributed by atoms with van der Waals surface area (Å²) < 4.78 is 5.15. The summed E-state index contributed by atoms with van der Waals surface area (Å²) in [4.78, 5) is 24.2. The van der Waals surface area contributed by atoms with Crippen molar-refractivity contribution in [2.24, 2.45) is 0 Å². The predicted octanol–water partition coefficient (Wildman–Crippen LogP) is 4.13. The Balaban J connectivity index is 1.76. The maximum atomic E-state index is 12.3. The Bertz CT molecular complexity index is 811. The smallest absolute Gasteiger partial charge is 0.256 e. The summed E-state index contributed by atoms with van der Waals surface area (Å²) in [7, 11) is 1.41. The van der Waals surface area contributed by atoms with Gasteiger partial charge in [0.1, 0.15) is 5.56 Å². The summed E-state index contributed by atoms with van der Waals surface area (Å²) in [6.45, 7) is 0.545. The number of methoxy groups -OCH3 is 1. The molecule has 0 unspecified atom stereocenters. The first kappa shape index (κ1) is 21.4. The molecular formula is C19H19Cl3N2O3. The van der Waals surface area contributed by atoms with Crippen molar-refractivity contribution in [2.75, 3.05) is 20.2 Å². The lowest BCUT2D eigenvalue weighted by Gasteiger charge is -2.12. The Hall–Kier alpha value is -1.95. The van der Waals surface area contributed by atoms with Gasteiger partial charge < -0.3 is 15.4 Å². The van der Waals surface area contributed by atoms with Gasteiger partial charge in [0, 0.05) is 24.5 Å². The molecule has 2 rings (SSSR count). The molecule has 144 valence electrons. The molecule has 2 amide bonds. The average molecular weight is 430 g/mol. The Morgan fingerprint density at radius 2 is 1.56 bits per heavy atom. The zero-order valence-corrected chi connectivity index (χ0v) is 16.9. The van der Waals surface area contributed by atoms with Crippen molar-refractivity contribution in [1.82, 2.24) is 10.6 Å². The first-order valence-electron chi connectivity index (χ1n) is 8.23. The number of carbonyl (C=O) groups excluding carboxylic acids is 2. The Labute approximate surface area is 172 Å². The summed E-state index contributed by atoms with van der Waals surface area (Å²) in [5, 5.41) is 6.63. The van der Waals surface area contributed by atoms with Gasteiger partial charge in [-0.25, -0.2) is 0 Å². The van der Waals surface area contributed by atoms with E-state index in [4.69, 9.17) is 39.5 Å². The summed E-state index contributed by atoms with van der Waals surface area (Å²) in [6.07, 6.45) is 0.966. The van der Waals surface area contributed by atoms with Crippen molar-refractivity contribution < 1.29 is 14.3 Å². The van der Waals surface area contributed by atoms with E-state index in [0.29, 0.717) is 29.4 Å². The molecule has 2 N–H and O–H groups in total. The van der Waals surface area contributed by atoms with Gasteiger partial charge in [-0.15, -0.1) is 0 Å². The van der Waals surface area contributed by atoms with E-state index >= 15 is 0 Å². The van der Waals surface area contributed by atoms with E-state index in [0.717, 1.165) is 5.56 Å². The quantitative estimate of drug-likeness (QED) is 0.620. The molecule has 0 fully saturated rings. The first-order chi connectivity index (χ1) is 12.9. The molecule has 2 aromatic rings. The highest BCUT2D eigenvalue weighted by atomic mass is 35.5. The number of nitrogens with one attached hydrogen (secondary N) is 2. The molecule has 0 aliphatic heterocycles. The van der Waals surface area contributed by atoms with Gasteiger partial charge in [-0.05, 0) is 36.2 Å². The van der Waals surface area contributed by atoms with E-state index in [9.17, 15) is 9.59 Å².